The molecule has 0 aromatic rings. The quantitative estimate of drug-likeness (QED) is 0.692. The van der Waals surface area contributed by atoms with Crippen LogP contribution in [0.1, 0.15) is 47.0 Å². The molecule has 2 heteroatoms. The number of allylic oxidation sites excluding steroid dienone is 3. The molecule has 96 valence electrons. The first-order valence-corrected chi connectivity index (χ1v) is 6.35. The minimum absolute atomic E-state index is 0.00186. The highest BCUT2D eigenvalue weighted by atomic mass is 16.5. The zero-order chi connectivity index (χ0) is 13.1. The average molecular weight is 236 g/mol. The van der Waals surface area contributed by atoms with Gasteiger partial charge in [-0.1, -0.05) is 38.2 Å². The van der Waals surface area contributed by atoms with Gasteiger partial charge >= 0.3 is 5.97 Å². The SMILES string of the molecule is C=C1C=CCC(C)(C)C1CCC(C)OC(C)=O. The van der Waals surface area contributed by atoms with Crippen LogP contribution in [-0.4, -0.2) is 12.1 Å². The van der Waals surface area contributed by atoms with E-state index < -0.39 is 0 Å². The van der Waals surface area contributed by atoms with Gasteiger partial charge in [-0.15, -0.1) is 0 Å². The number of hydrogen-bond donors (Lipinski definition) is 0. The van der Waals surface area contributed by atoms with Gasteiger partial charge in [0, 0.05) is 6.92 Å². The summed E-state index contributed by atoms with van der Waals surface area (Å²) in [7, 11) is 0. The van der Waals surface area contributed by atoms with E-state index >= 15 is 0 Å². The van der Waals surface area contributed by atoms with Crippen molar-refractivity contribution in [1.82, 2.24) is 0 Å². The molecule has 0 aromatic heterocycles. The lowest BCUT2D eigenvalue weighted by atomic mass is 9.68. The molecule has 2 atom stereocenters. The number of carbonyl (C=O) groups is 1. The zero-order valence-electron chi connectivity index (χ0n) is 11.5. The number of hydrogen-bond acceptors (Lipinski definition) is 2. The van der Waals surface area contributed by atoms with Gasteiger partial charge in [0.2, 0.25) is 0 Å². The monoisotopic (exact) mass is 236 g/mol. The second kappa shape index (κ2) is 5.52. The summed E-state index contributed by atoms with van der Waals surface area (Å²) in [6, 6.07) is 0. The van der Waals surface area contributed by atoms with Crippen LogP contribution in [0.5, 0.6) is 0 Å². The molecule has 1 aliphatic carbocycles. The third-order valence-corrected chi connectivity index (χ3v) is 3.60. The Hall–Kier alpha value is -1.05. The van der Waals surface area contributed by atoms with Crippen molar-refractivity contribution in [2.75, 3.05) is 0 Å². The van der Waals surface area contributed by atoms with Crippen LogP contribution in [0.2, 0.25) is 0 Å². The first-order valence-electron chi connectivity index (χ1n) is 6.35. The van der Waals surface area contributed by atoms with Crippen molar-refractivity contribution in [2.45, 2.75) is 53.1 Å². The summed E-state index contributed by atoms with van der Waals surface area (Å²) in [5, 5.41) is 0. The first kappa shape index (κ1) is 14.0. The highest BCUT2D eigenvalue weighted by Crippen LogP contribution is 2.42. The van der Waals surface area contributed by atoms with Crippen molar-refractivity contribution in [3.05, 3.63) is 24.3 Å². The van der Waals surface area contributed by atoms with E-state index in [1.807, 2.05) is 6.92 Å². The average Bonchev–Trinajstić information content (AvgIpc) is 2.14. The highest BCUT2D eigenvalue weighted by Gasteiger charge is 2.32. The number of ether oxygens (including phenoxy) is 1. The molecule has 0 fully saturated rings. The predicted molar refractivity (Wildman–Crippen MR) is 70.6 cm³/mol. The summed E-state index contributed by atoms with van der Waals surface area (Å²) in [5.41, 5.74) is 1.47. The van der Waals surface area contributed by atoms with E-state index in [0.29, 0.717) is 5.92 Å². The van der Waals surface area contributed by atoms with E-state index in [1.54, 1.807) is 0 Å². The third kappa shape index (κ3) is 4.03. The molecule has 0 heterocycles. The lowest BCUT2D eigenvalue weighted by Gasteiger charge is -2.37. The Labute approximate surface area is 105 Å². The summed E-state index contributed by atoms with van der Waals surface area (Å²) in [6.07, 6.45) is 7.37. The van der Waals surface area contributed by atoms with Crippen molar-refractivity contribution in [1.29, 1.82) is 0 Å². The summed E-state index contributed by atoms with van der Waals surface area (Å²) < 4.78 is 5.16. The van der Waals surface area contributed by atoms with Gasteiger partial charge in [0.15, 0.2) is 0 Å². The fraction of sp³-hybridized carbons (Fsp3) is 0.667. The Bertz CT molecular complexity index is 326. The Balaban J connectivity index is 2.52. The lowest BCUT2D eigenvalue weighted by molar-refractivity contribution is -0.145. The van der Waals surface area contributed by atoms with Gasteiger partial charge in [-0.05, 0) is 37.5 Å². The molecule has 0 spiro atoms. The summed E-state index contributed by atoms with van der Waals surface area (Å²) in [6.45, 7) is 12.1. The molecule has 2 unspecified atom stereocenters. The van der Waals surface area contributed by atoms with Gasteiger partial charge in [0.1, 0.15) is 0 Å². The van der Waals surface area contributed by atoms with Crippen LogP contribution < -0.4 is 0 Å². The highest BCUT2D eigenvalue weighted by molar-refractivity contribution is 5.66. The van der Waals surface area contributed by atoms with E-state index in [9.17, 15) is 4.79 Å². The standard InChI is InChI=1S/C15H24O2/c1-11-7-6-10-15(4,5)14(11)9-8-12(2)17-13(3)16/h6-7,12,14H,1,8-10H2,2-5H3. The summed E-state index contributed by atoms with van der Waals surface area (Å²) in [5.74, 6) is 0.296. The summed E-state index contributed by atoms with van der Waals surface area (Å²) >= 11 is 0. The molecule has 0 saturated heterocycles. The molecule has 17 heavy (non-hydrogen) atoms. The van der Waals surface area contributed by atoms with Gasteiger partial charge in [-0.2, -0.15) is 0 Å². The molecule has 0 aromatic carbocycles. The van der Waals surface area contributed by atoms with Crippen LogP contribution >= 0.6 is 0 Å². The molecular weight excluding hydrogens is 212 g/mol. The van der Waals surface area contributed by atoms with Gasteiger partial charge in [-0.3, -0.25) is 4.79 Å². The largest absolute Gasteiger partial charge is 0.463 e. The lowest BCUT2D eigenvalue weighted by Crippen LogP contribution is -2.28. The van der Waals surface area contributed by atoms with Crippen molar-refractivity contribution in [2.24, 2.45) is 11.3 Å². The van der Waals surface area contributed by atoms with Crippen molar-refractivity contribution >= 4 is 5.97 Å². The normalized spacial score (nSPS) is 24.5. The Morgan fingerprint density at radius 1 is 1.65 bits per heavy atom. The molecule has 0 saturated carbocycles. The van der Waals surface area contributed by atoms with E-state index in [0.717, 1.165) is 19.3 Å². The Morgan fingerprint density at radius 3 is 2.82 bits per heavy atom. The van der Waals surface area contributed by atoms with E-state index in [-0.39, 0.29) is 17.5 Å². The molecule has 1 aliphatic rings. The van der Waals surface area contributed by atoms with Crippen LogP contribution in [0, 0.1) is 11.3 Å². The van der Waals surface area contributed by atoms with Gasteiger partial charge in [-0.25, -0.2) is 0 Å². The fourth-order valence-electron chi connectivity index (χ4n) is 2.59. The summed E-state index contributed by atoms with van der Waals surface area (Å²) in [4.78, 5) is 10.8. The number of rotatable bonds is 4. The number of carbonyl (C=O) groups excluding carboxylic acids is 1. The van der Waals surface area contributed by atoms with Crippen LogP contribution in [0.4, 0.5) is 0 Å². The minimum atomic E-state index is -0.195. The zero-order valence-corrected chi connectivity index (χ0v) is 11.5. The van der Waals surface area contributed by atoms with Crippen molar-refractivity contribution in [3.8, 4) is 0 Å². The molecular formula is C15H24O2. The molecule has 0 radical (unpaired) electrons. The van der Waals surface area contributed by atoms with E-state index in [2.05, 4.69) is 32.6 Å². The molecule has 1 rings (SSSR count). The van der Waals surface area contributed by atoms with Gasteiger partial charge < -0.3 is 4.74 Å². The Morgan fingerprint density at radius 2 is 2.29 bits per heavy atom. The first-order chi connectivity index (χ1) is 7.83. The van der Waals surface area contributed by atoms with Crippen LogP contribution in [-0.2, 0) is 9.53 Å². The van der Waals surface area contributed by atoms with Gasteiger partial charge in [0.05, 0.1) is 6.10 Å². The Kier molecular flexibility index (Phi) is 4.55. The predicted octanol–water partition coefficient (Wildman–Crippen LogP) is 3.88. The third-order valence-electron chi connectivity index (χ3n) is 3.60. The van der Waals surface area contributed by atoms with Crippen LogP contribution in [0.25, 0.3) is 0 Å². The maximum absolute atomic E-state index is 10.8. The maximum atomic E-state index is 10.8. The molecule has 0 aliphatic heterocycles. The second-order valence-electron chi connectivity index (χ2n) is 5.72. The molecule has 0 N–H and O–H groups in total. The van der Waals surface area contributed by atoms with Crippen LogP contribution in [0.15, 0.2) is 24.3 Å². The van der Waals surface area contributed by atoms with Crippen molar-refractivity contribution in [3.63, 3.8) is 0 Å². The van der Waals surface area contributed by atoms with Crippen LogP contribution in [0.3, 0.4) is 0 Å². The van der Waals surface area contributed by atoms with E-state index in [4.69, 9.17) is 4.74 Å². The molecule has 0 bridgehead atoms. The fourth-order valence-corrected chi connectivity index (χ4v) is 2.59. The van der Waals surface area contributed by atoms with Crippen molar-refractivity contribution < 1.29 is 9.53 Å². The smallest absolute Gasteiger partial charge is 0.302 e. The van der Waals surface area contributed by atoms with E-state index in [1.165, 1.54) is 12.5 Å². The minimum Gasteiger partial charge on any atom is -0.463 e. The van der Waals surface area contributed by atoms with Gasteiger partial charge in [0.25, 0.3) is 0 Å². The second-order valence-corrected chi connectivity index (χ2v) is 5.72. The molecule has 0 amide bonds. The maximum Gasteiger partial charge on any atom is 0.302 e. The topological polar surface area (TPSA) is 26.3 Å². The number of esters is 1. The molecule has 2 nitrogen and oxygen atoms in total.